The summed E-state index contributed by atoms with van der Waals surface area (Å²) in [5.41, 5.74) is 1.68. The highest BCUT2D eigenvalue weighted by atomic mass is 16.6. The quantitative estimate of drug-likeness (QED) is 0.235. The molecule has 0 spiro atoms. The van der Waals surface area contributed by atoms with Crippen molar-refractivity contribution in [2.45, 2.75) is 39.2 Å². The number of pyridine rings is 1. The van der Waals surface area contributed by atoms with Crippen molar-refractivity contribution in [2.24, 2.45) is 11.8 Å². The van der Waals surface area contributed by atoms with Gasteiger partial charge in [0.15, 0.2) is 0 Å². The molecule has 4 N–H and O–H groups in total. The molecule has 2 rings (SSSR count). The Morgan fingerprint density at radius 2 is 1.85 bits per heavy atom. The van der Waals surface area contributed by atoms with Crippen molar-refractivity contribution in [3.05, 3.63) is 18.3 Å². The Bertz CT molecular complexity index is 661. The molecular weight excluding hydrogens is 338 g/mol. The third kappa shape index (κ3) is 5.41. The van der Waals surface area contributed by atoms with E-state index in [2.05, 4.69) is 15.2 Å². The predicted molar refractivity (Wildman–Crippen MR) is 96.0 cm³/mol. The van der Waals surface area contributed by atoms with Gasteiger partial charge >= 0.3 is 17.8 Å². The molecule has 1 fully saturated rings. The lowest BCUT2D eigenvalue weighted by Gasteiger charge is -2.33. The molecule has 0 bridgehead atoms. The Labute approximate surface area is 152 Å². The largest absolute Gasteiger partial charge is 0.460 e. The summed E-state index contributed by atoms with van der Waals surface area (Å²) < 4.78 is 5.44. The van der Waals surface area contributed by atoms with Crippen molar-refractivity contribution in [3.63, 3.8) is 0 Å². The van der Waals surface area contributed by atoms with Crippen LogP contribution in [-0.2, 0) is 19.1 Å². The zero-order valence-corrected chi connectivity index (χ0v) is 15.2. The maximum Gasteiger partial charge on any atom is 0.323 e. The fourth-order valence-corrected chi connectivity index (χ4v) is 2.63. The Morgan fingerprint density at radius 1 is 1.19 bits per heavy atom. The summed E-state index contributed by atoms with van der Waals surface area (Å²) in [6.07, 6.45) is 2.87. The topological polar surface area (TPSA) is 127 Å². The number of aromatic nitrogens is 1. The monoisotopic (exact) mass is 363 g/mol. The van der Waals surface area contributed by atoms with Crippen molar-refractivity contribution >= 4 is 29.3 Å². The Kier molecular flexibility index (Phi) is 6.14. The molecule has 1 aliphatic rings. The van der Waals surface area contributed by atoms with Gasteiger partial charge in [-0.1, -0.05) is 0 Å². The van der Waals surface area contributed by atoms with Gasteiger partial charge in [0.2, 0.25) is 0 Å². The number of piperidine rings is 1. The normalized spacial score (nSPS) is 15.3. The van der Waals surface area contributed by atoms with Gasteiger partial charge in [0.1, 0.15) is 11.4 Å². The van der Waals surface area contributed by atoms with Crippen LogP contribution < -0.4 is 21.5 Å². The summed E-state index contributed by atoms with van der Waals surface area (Å²) in [7, 11) is 0. The third-order valence-corrected chi connectivity index (χ3v) is 3.90. The number of esters is 1. The summed E-state index contributed by atoms with van der Waals surface area (Å²) in [4.78, 5) is 41.0. The van der Waals surface area contributed by atoms with E-state index in [1.165, 1.54) is 6.20 Å². The fraction of sp³-hybridized carbons (Fsp3) is 0.529. The maximum atomic E-state index is 12.1. The molecule has 1 aromatic rings. The van der Waals surface area contributed by atoms with Crippen molar-refractivity contribution < 1.29 is 19.1 Å². The molecule has 1 aliphatic heterocycles. The van der Waals surface area contributed by atoms with E-state index in [0.29, 0.717) is 31.6 Å². The minimum atomic E-state index is -0.932. The smallest absolute Gasteiger partial charge is 0.323 e. The number of carbonyl (C=O) groups is 3. The molecule has 0 aromatic carbocycles. The van der Waals surface area contributed by atoms with Crippen LogP contribution >= 0.6 is 0 Å². The summed E-state index contributed by atoms with van der Waals surface area (Å²) >= 11 is 0. The molecule has 1 saturated heterocycles. The predicted octanol–water partition coefficient (Wildman–Crippen LogP) is 0.568. The summed E-state index contributed by atoms with van der Waals surface area (Å²) in [5.74, 6) is 3.60. The lowest BCUT2D eigenvalue weighted by atomic mass is 9.96. The summed E-state index contributed by atoms with van der Waals surface area (Å²) in [5, 5.41) is 2.39. The van der Waals surface area contributed by atoms with E-state index in [4.69, 9.17) is 10.6 Å². The van der Waals surface area contributed by atoms with E-state index >= 15 is 0 Å². The van der Waals surface area contributed by atoms with Gasteiger partial charge in [0.25, 0.3) is 0 Å². The molecule has 0 saturated carbocycles. The molecule has 26 heavy (non-hydrogen) atoms. The average molecular weight is 363 g/mol. The minimum Gasteiger partial charge on any atom is -0.460 e. The molecule has 0 radical (unpaired) electrons. The van der Waals surface area contributed by atoms with Gasteiger partial charge in [-0.25, -0.2) is 10.8 Å². The van der Waals surface area contributed by atoms with Crippen LogP contribution in [0.5, 0.6) is 0 Å². The van der Waals surface area contributed by atoms with Crippen LogP contribution in [0.3, 0.4) is 0 Å². The summed E-state index contributed by atoms with van der Waals surface area (Å²) in [6.45, 7) is 6.97. The molecule has 9 nitrogen and oxygen atoms in total. The van der Waals surface area contributed by atoms with E-state index in [1.54, 1.807) is 17.6 Å². The molecule has 142 valence electrons. The number of hydrogen-bond donors (Lipinski definition) is 3. The Balaban J connectivity index is 1.88. The van der Waals surface area contributed by atoms with Crippen LogP contribution in [0.4, 0.5) is 11.5 Å². The standard InChI is InChI=1S/C17H25N5O4/c1-17(2,3)26-16(25)11-6-8-22(9-7-11)13-5-4-12(10-19-13)20-14(23)15(24)21-18/h4-5,10-11H,6-9,18H2,1-3H3,(H,20,23)(H,21,24). The van der Waals surface area contributed by atoms with Gasteiger partial charge in [-0.2, -0.15) is 0 Å². The first-order valence-electron chi connectivity index (χ1n) is 8.45. The average Bonchev–Trinajstić information content (AvgIpc) is 2.60. The highest BCUT2D eigenvalue weighted by Gasteiger charge is 2.29. The van der Waals surface area contributed by atoms with Gasteiger partial charge in [0.05, 0.1) is 17.8 Å². The maximum absolute atomic E-state index is 12.1. The first-order chi connectivity index (χ1) is 12.2. The highest BCUT2D eigenvalue weighted by molar-refractivity contribution is 6.39. The van der Waals surface area contributed by atoms with Crippen molar-refractivity contribution in [1.82, 2.24) is 10.4 Å². The number of hydrogen-bond acceptors (Lipinski definition) is 7. The van der Waals surface area contributed by atoms with E-state index < -0.39 is 17.4 Å². The lowest BCUT2D eigenvalue weighted by Crippen LogP contribution is -2.39. The molecular formula is C17H25N5O4. The van der Waals surface area contributed by atoms with Gasteiger partial charge in [-0.3, -0.25) is 19.8 Å². The molecule has 0 atom stereocenters. The Hall–Kier alpha value is -2.68. The summed E-state index contributed by atoms with van der Waals surface area (Å²) in [6, 6.07) is 3.41. The SMILES string of the molecule is CC(C)(C)OC(=O)C1CCN(c2ccc(NC(=O)C(=O)NN)cn2)CC1. The van der Waals surface area contributed by atoms with Gasteiger partial charge in [0, 0.05) is 13.1 Å². The van der Waals surface area contributed by atoms with E-state index in [0.717, 1.165) is 5.82 Å². The first-order valence-corrected chi connectivity index (χ1v) is 8.45. The number of amides is 2. The number of nitrogens with one attached hydrogen (secondary N) is 2. The van der Waals surface area contributed by atoms with E-state index in [1.807, 2.05) is 20.8 Å². The van der Waals surface area contributed by atoms with Crippen LogP contribution in [0.15, 0.2) is 18.3 Å². The highest BCUT2D eigenvalue weighted by Crippen LogP contribution is 2.25. The number of nitrogens with two attached hydrogens (primary N) is 1. The van der Waals surface area contributed by atoms with E-state index in [9.17, 15) is 14.4 Å². The first kappa shape index (κ1) is 19.6. The number of anilines is 2. The van der Waals surface area contributed by atoms with Gasteiger partial charge in [-0.05, 0) is 45.7 Å². The third-order valence-electron chi connectivity index (χ3n) is 3.90. The zero-order valence-electron chi connectivity index (χ0n) is 15.2. The lowest BCUT2D eigenvalue weighted by molar-refractivity contribution is -0.160. The molecule has 2 heterocycles. The molecule has 9 heteroatoms. The van der Waals surface area contributed by atoms with Gasteiger partial charge in [-0.15, -0.1) is 0 Å². The van der Waals surface area contributed by atoms with Gasteiger partial charge < -0.3 is 15.0 Å². The number of nitrogens with zero attached hydrogens (tertiary/aromatic N) is 2. The van der Waals surface area contributed by atoms with Crippen LogP contribution in [-0.4, -0.2) is 41.5 Å². The van der Waals surface area contributed by atoms with Crippen LogP contribution in [0, 0.1) is 5.92 Å². The molecule has 1 aromatic heterocycles. The zero-order chi connectivity index (χ0) is 19.3. The fourth-order valence-electron chi connectivity index (χ4n) is 2.63. The molecule has 0 unspecified atom stereocenters. The minimum absolute atomic E-state index is 0.0983. The second-order valence-electron chi connectivity index (χ2n) is 7.13. The molecule has 0 aliphatic carbocycles. The number of ether oxygens (including phenoxy) is 1. The number of rotatable bonds is 3. The molecule has 2 amide bonds. The van der Waals surface area contributed by atoms with Crippen LogP contribution in [0.2, 0.25) is 0 Å². The van der Waals surface area contributed by atoms with Crippen LogP contribution in [0.25, 0.3) is 0 Å². The van der Waals surface area contributed by atoms with Crippen molar-refractivity contribution in [1.29, 1.82) is 0 Å². The number of hydrazine groups is 1. The van der Waals surface area contributed by atoms with Crippen LogP contribution in [0.1, 0.15) is 33.6 Å². The Morgan fingerprint density at radius 3 is 2.35 bits per heavy atom. The second-order valence-corrected chi connectivity index (χ2v) is 7.13. The second kappa shape index (κ2) is 8.13. The van der Waals surface area contributed by atoms with E-state index in [-0.39, 0.29) is 11.9 Å². The van der Waals surface area contributed by atoms with Crippen molar-refractivity contribution in [2.75, 3.05) is 23.3 Å². The van der Waals surface area contributed by atoms with Crippen molar-refractivity contribution in [3.8, 4) is 0 Å². The number of carbonyl (C=O) groups excluding carboxylic acids is 3.